The fourth-order valence-corrected chi connectivity index (χ4v) is 5.17. The lowest BCUT2D eigenvalue weighted by molar-refractivity contribution is -0.131. The number of likely N-dealkylation sites (tertiary alicyclic amines) is 1. The van der Waals surface area contributed by atoms with Gasteiger partial charge in [0.1, 0.15) is 11.7 Å². The predicted octanol–water partition coefficient (Wildman–Crippen LogP) is 5.17. The molecule has 0 saturated carbocycles. The van der Waals surface area contributed by atoms with Crippen molar-refractivity contribution in [3.05, 3.63) is 65.5 Å². The molecule has 0 spiro atoms. The van der Waals surface area contributed by atoms with E-state index in [0.717, 1.165) is 50.4 Å². The first-order valence-corrected chi connectivity index (χ1v) is 12.9. The molecular weight excluding hydrogens is 455 g/mol. The van der Waals surface area contributed by atoms with E-state index < -0.39 is 5.54 Å². The zero-order valence-electron chi connectivity index (χ0n) is 21.8. The number of hydrogen-bond donors (Lipinski definition) is 1. The summed E-state index contributed by atoms with van der Waals surface area (Å²) in [4.78, 5) is 34.1. The lowest BCUT2D eigenvalue weighted by atomic mass is 9.89. The third-order valence-corrected chi connectivity index (χ3v) is 7.44. The second-order valence-electron chi connectivity index (χ2n) is 10.4. The standard InChI is InChI=1S/C29H37FN4O2/c1-20(2)27(35)31-26-8-5-7-23(19-26)22-13-17-33(18-14-22)15-6-16-34-21(3)32-29(4,28(34)36)24-9-11-25(30)12-10-24/h5,7-12,19-20,22H,6,13-18H2,1-4H3,(H,31,35)/t29-/m1/s1. The van der Waals surface area contributed by atoms with Crippen LogP contribution >= 0.6 is 0 Å². The van der Waals surface area contributed by atoms with Crippen LogP contribution in [0.25, 0.3) is 0 Å². The van der Waals surface area contributed by atoms with Gasteiger partial charge in [-0.25, -0.2) is 4.39 Å². The van der Waals surface area contributed by atoms with E-state index in [2.05, 4.69) is 27.3 Å². The topological polar surface area (TPSA) is 65.0 Å². The Morgan fingerprint density at radius 1 is 1.14 bits per heavy atom. The van der Waals surface area contributed by atoms with Gasteiger partial charge in [-0.15, -0.1) is 0 Å². The molecule has 192 valence electrons. The molecule has 0 aliphatic carbocycles. The Morgan fingerprint density at radius 2 is 1.83 bits per heavy atom. The number of benzene rings is 2. The first kappa shape index (κ1) is 26.0. The zero-order valence-corrected chi connectivity index (χ0v) is 21.8. The van der Waals surface area contributed by atoms with Crippen molar-refractivity contribution in [2.45, 2.75) is 58.4 Å². The molecule has 0 aromatic heterocycles. The number of aliphatic imine (C=N–C) groups is 1. The van der Waals surface area contributed by atoms with Crippen LogP contribution in [-0.2, 0) is 15.1 Å². The van der Waals surface area contributed by atoms with Crippen molar-refractivity contribution in [3.8, 4) is 0 Å². The van der Waals surface area contributed by atoms with E-state index in [1.54, 1.807) is 24.0 Å². The van der Waals surface area contributed by atoms with Crippen molar-refractivity contribution >= 4 is 23.3 Å². The molecular formula is C29H37FN4O2. The van der Waals surface area contributed by atoms with Crippen LogP contribution in [0.1, 0.15) is 64.0 Å². The summed E-state index contributed by atoms with van der Waals surface area (Å²) >= 11 is 0. The number of halogens is 1. The molecule has 2 aliphatic heterocycles. The molecule has 2 heterocycles. The highest BCUT2D eigenvalue weighted by Crippen LogP contribution is 2.34. The normalized spacial score (nSPS) is 21.2. The van der Waals surface area contributed by atoms with E-state index in [1.807, 2.05) is 32.9 Å². The summed E-state index contributed by atoms with van der Waals surface area (Å²) in [6.45, 7) is 11.1. The van der Waals surface area contributed by atoms with Crippen molar-refractivity contribution in [3.63, 3.8) is 0 Å². The van der Waals surface area contributed by atoms with Crippen molar-refractivity contribution in [1.29, 1.82) is 0 Å². The highest BCUT2D eigenvalue weighted by molar-refractivity contribution is 6.07. The molecule has 6 nitrogen and oxygen atoms in total. The lowest BCUT2D eigenvalue weighted by Crippen LogP contribution is -2.41. The maximum absolute atomic E-state index is 13.4. The number of anilines is 1. The number of carbonyl (C=O) groups is 2. The molecule has 0 radical (unpaired) electrons. The summed E-state index contributed by atoms with van der Waals surface area (Å²) in [5.41, 5.74) is 1.88. The number of hydrogen-bond acceptors (Lipinski definition) is 4. The van der Waals surface area contributed by atoms with Crippen LogP contribution in [0.5, 0.6) is 0 Å². The van der Waals surface area contributed by atoms with Crippen LogP contribution in [0.3, 0.4) is 0 Å². The summed E-state index contributed by atoms with van der Waals surface area (Å²) in [5, 5.41) is 3.00. The van der Waals surface area contributed by atoms with Crippen molar-refractivity contribution in [1.82, 2.24) is 9.80 Å². The average Bonchev–Trinajstić information content (AvgIpc) is 3.08. The fourth-order valence-electron chi connectivity index (χ4n) is 5.17. The Bertz CT molecular complexity index is 1120. The number of nitrogens with zero attached hydrogens (tertiary/aromatic N) is 3. The van der Waals surface area contributed by atoms with Crippen LogP contribution in [0.4, 0.5) is 10.1 Å². The first-order valence-electron chi connectivity index (χ1n) is 12.9. The van der Waals surface area contributed by atoms with Gasteiger partial charge >= 0.3 is 0 Å². The van der Waals surface area contributed by atoms with Crippen LogP contribution in [0.2, 0.25) is 0 Å². The van der Waals surface area contributed by atoms with Gasteiger partial charge in [0.05, 0.1) is 0 Å². The predicted molar refractivity (Wildman–Crippen MR) is 142 cm³/mol. The number of nitrogens with one attached hydrogen (secondary N) is 1. The molecule has 36 heavy (non-hydrogen) atoms. The Hall–Kier alpha value is -3.06. The van der Waals surface area contributed by atoms with Gasteiger partial charge in [-0.2, -0.15) is 0 Å². The van der Waals surface area contributed by atoms with Crippen molar-refractivity contribution in [2.24, 2.45) is 10.9 Å². The number of amidine groups is 1. The molecule has 2 aromatic carbocycles. The van der Waals surface area contributed by atoms with E-state index in [-0.39, 0.29) is 23.5 Å². The zero-order chi connectivity index (χ0) is 25.9. The largest absolute Gasteiger partial charge is 0.326 e. The molecule has 1 atom stereocenters. The molecule has 1 saturated heterocycles. The molecule has 7 heteroatoms. The van der Waals surface area contributed by atoms with Crippen molar-refractivity contribution < 1.29 is 14.0 Å². The molecule has 1 fully saturated rings. The first-order chi connectivity index (χ1) is 17.2. The molecule has 0 bridgehead atoms. The van der Waals surface area contributed by atoms with Gasteiger partial charge < -0.3 is 10.2 Å². The quantitative estimate of drug-likeness (QED) is 0.553. The molecule has 4 rings (SSSR count). The molecule has 2 aromatic rings. The van der Waals surface area contributed by atoms with E-state index >= 15 is 0 Å². The van der Waals surface area contributed by atoms with Crippen LogP contribution in [0.15, 0.2) is 53.5 Å². The molecule has 2 aliphatic rings. The Labute approximate surface area is 213 Å². The summed E-state index contributed by atoms with van der Waals surface area (Å²) in [7, 11) is 0. The second kappa shape index (κ2) is 10.9. The molecule has 2 amide bonds. The fraction of sp³-hybridized carbons (Fsp3) is 0.483. The SMILES string of the molecule is CC1=N[C@](C)(c2ccc(F)cc2)C(=O)N1CCCN1CCC(c2cccc(NC(=O)C(C)C)c2)CC1. The Kier molecular flexibility index (Phi) is 7.88. The molecule has 1 N–H and O–H groups in total. The van der Waals surface area contributed by atoms with Crippen LogP contribution in [0, 0.1) is 11.7 Å². The number of rotatable bonds is 8. The maximum Gasteiger partial charge on any atom is 0.260 e. The third-order valence-electron chi connectivity index (χ3n) is 7.44. The van der Waals surface area contributed by atoms with Gasteiger partial charge in [0.15, 0.2) is 5.54 Å². The second-order valence-corrected chi connectivity index (χ2v) is 10.4. The van der Waals surface area contributed by atoms with Gasteiger partial charge in [-0.1, -0.05) is 38.1 Å². The highest BCUT2D eigenvalue weighted by Gasteiger charge is 2.44. The van der Waals surface area contributed by atoms with Gasteiger partial charge in [0.25, 0.3) is 5.91 Å². The summed E-state index contributed by atoms with van der Waals surface area (Å²) in [5.74, 6) is 0.837. The lowest BCUT2D eigenvalue weighted by Gasteiger charge is -2.33. The minimum atomic E-state index is -0.987. The maximum atomic E-state index is 13.4. The Morgan fingerprint density at radius 3 is 2.50 bits per heavy atom. The summed E-state index contributed by atoms with van der Waals surface area (Å²) in [6, 6.07) is 14.3. The van der Waals surface area contributed by atoms with Gasteiger partial charge in [0, 0.05) is 18.2 Å². The van der Waals surface area contributed by atoms with Gasteiger partial charge in [0.2, 0.25) is 5.91 Å². The monoisotopic (exact) mass is 492 g/mol. The number of piperidine rings is 1. The van der Waals surface area contributed by atoms with E-state index in [1.165, 1.54) is 17.7 Å². The van der Waals surface area contributed by atoms with Gasteiger partial charge in [-0.3, -0.25) is 19.5 Å². The minimum absolute atomic E-state index is 0.0386. The Balaban J connectivity index is 1.26. The van der Waals surface area contributed by atoms with E-state index in [0.29, 0.717) is 18.0 Å². The summed E-state index contributed by atoms with van der Waals surface area (Å²) in [6.07, 6.45) is 3.03. The number of carbonyl (C=O) groups excluding carboxylic acids is 2. The summed E-state index contributed by atoms with van der Waals surface area (Å²) < 4.78 is 13.4. The van der Waals surface area contributed by atoms with E-state index in [4.69, 9.17) is 0 Å². The number of amides is 2. The van der Waals surface area contributed by atoms with Crippen molar-refractivity contribution in [2.75, 3.05) is 31.5 Å². The highest BCUT2D eigenvalue weighted by atomic mass is 19.1. The smallest absolute Gasteiger partial charge is 0.260 e. The third kappa shape index (κ3) is 5.67. The van der Waals surface area contributed by atoms with Gasteiger partial charge in [-0.05, 0) is 94.1 Å². The average molecular weight is 493 g/mol. The van der Waals surface area contributed by atoms with E-state index in [9.17, 15) is 14.0 Å². The molecule has 0 unspecified atom stereocenters. The minimum Gasteiger partial charge on any atom is -0.326 e. The van der Waals surface area contributed by atoms with Crippen LogP contribution < -0.4 is 5.32 Å². The van der Waals surface area contributed by atoms with Crippen LogP contribution in [-0.4, -0.2) is 53.6 Å².